The smallest absolute Gasteiger partial charge is 0.337 e. The molecule has 37 heavy (non-hydrogen) atoms. The van der Waals surface area contributed by atoms with Crippen LogP contribution in [0.25, 0.3) is 11.1 Å². The Labute approximate surface area is 222 Å². The number of aryl methyl sites for hydroxylation is 1. The van der Waals surface area contributed by atoms with Gasteiger partial charge in [0.25, 0.3) is 0 Å². The van der Waals surface area contributed by atoms with Crippen LogP contribution in [0.5, 0.6) is 0 Å². The van der Waals surface area contributed by atoms with E-state index in [1.807, 2.05) is 27.7 Å². The average molecular weight is 506 g/mol. The number of fused-ring (bicyclic) bond motifs is 1. The van der Waals surface area contributed by atoms with Crippen LogP contribution in [-0.4, -0.2) is 34.0 Å². The summed E-state index contributed by atoms with van der Waals surface area (Å²) in [5.41, 5.74) is 7.57. The standard InChI is InChI=1S/C32H43NO4/c1-20-13-15-23(16-14-20)27-22(3)26-19-33(30(34)24-11-9-7-8-10-12-24)18-17-25(26)21(2)28(27)29(31(35)36)37-32(4,5)6/h13-16,24,29H,7-12,17-19H2,1-6H3,(H,35,36). The van der Waals surface area contributed by atoms with E-state index in [1.54, 1.807) is 0 Å². The Morgan fingerprint density at radius 3 is 2.14 bits per heavy atom. The van der Waals surface area contributed by atoms with Gasteiger partial charge in [-0.15, -0.1) is 0 Å². The van der Waals surface area contributed by atoms with Crippen molar-refractivity contribution in [1.29, 1.82) is 0 Å². The molecule has 0 aromatic heterocycles. The summed E-state index contributed by atoms with van der Waals surface area (Å²) in [6.45, 7) is 13.1. The average Bonchev–Trinajstić information content (AvgIpc) is 3.14. The molecule has 1 N–H and O–H groups in total. The zero-order valence-electron chi connectivity index (χ0n) is 23.4. The van der Waals surface area contributed by atoms with Crippen LogP contribution >= 0.6 is 0 Å². The van der Waals surface area contributed by atoms with Gasteiger partial charge in [-0.05, 0) is 94.2 Å². The fourth-order valence-electron chi connectivity index (χ4n) is 6.20. The Morgan fingerprint density at radius 2 is 1.57 bits per heavy atom. The van der Waals surface area contributed by atoms with E-state index in [2.05, 4.69) is 43.0 Å². The molecule has 1 aliphatic heterocycles. The summed E-state index contributed by atoms with van der Waals surface area (Å²) in [6, 6.07) is 8.27. The minimum atomic E-state index is -1.08. The van der Waals surface area contributed by atoms with Crippen LogP contribution in [0.3, 0.4) is 0 Å². The fourth-order valence-corrected chi connectivity index (χ4v) is 6.20. The molecule has 0 spiro atoms. The van der Waals surface area contributed by atoms with Gasteiger partial charge in [-0.25, -0.2) is 4.79 Å². The van der Waals surface area contributed by atoms with Crippen LogP contribution < -0.4 is 0 Å². The van der Waals surface area contributed by atoms with Gasteiger partial charge in [0, 0.05) is 24.6 Å². The Balaban J connectivity index is 1.83. The first-order valence-electron chi connectivity index (χ1n) is 13.9. The van der Waals surface area contributed by atoms with Crippen LogP contribution in [0.15, 0.2) is 24.3 Å². The molecular weight excluding hydrogens is 462 g/mol. The number of carboxylic acid groups (broad SMARTS) is 1. The summed E-state index contributed by atoms with van der Waals surface area (Å²) < 4.78 is 6.18. The molecule has 1 aliphatic carbocycles. The third-order valence-electron chi connectivity index (χ3n) is 8.11. The topological polar surface area (TPSA) is 66.8 Å². The molecule has 0 saturated heterocycles. The van der Waals surface area contributed by atoms with E-state index in [1.165, 1.54) is 24.0 Å². The Morgan fingerprint density at radius 1 is 0.946 bits per heavy atom. The summed E-state index contributed by atoms with van der Waals surface area (Å²) in [5, 5.41) is 10.3. The summed E-state index contributed by atoms with van der Waals surface area (Å²) in [4.78, 5) is 28.2. The van der Waals surface area contributed by atoms with Gasteiger partial charge in [0.1, 0.15) is 0 Å². The zero-order valence-corrected chi connectivity index (χ0v) is 23.4. The normalized spacial score (nSPS) is 17.7. The van der Waals surface area contributed by atoms with Crippen molar-refractivity contribution in [3.05, 3.63) is 57.6 Å². The first-order valence-corrected chi connectivity index (χ1v) is 13.9. The van der Waals surface area contributed by atoms with Gasteiger partial charge in [-0.3, -0.25) is 4.79 Å². The number of rotatable bonds is 5. The number of benzene rings is 2. The Kier molecular flexibility index (Phi) is 8.13. The molecule has 4 rings (SSSR count). The third-order valence-corrected chi connectivity index (χ3v) is 8.11. The number of ether oxygens (including phenoxy) is 1. The minimum absolute atomic E-state index is 0.137. The van der Waals surface area contributed by atoms with E-state index >= 15 is 0 Å². The minimum Gasteiger partial charge on any atom is -0.479 e. The van der Waals surface area contributed by atoms with Gasteiger partial charge < -0.3 is 14.7 Å². The predicted octanol–water partition coefficient (Wildman–Crippen LogP) is 7.07. The van der Waals surface area contributed by atoms with Crippen LogP contribution in [0, 0.1) is 26.7 Å². The highest BCUT2D eigenvalue weighted by Gasteiger charge is 2.36. The maximum atomic E-state index is 13.6. The molecule has 200 valence electrons. The Bertz CT molecular complexity index is 1150. The summed E-state index contributed by atoms with van der Waals surface area (Å²) in [5.74, 6) is -0.547. The fraction of sp³-hybridized carbons (Fsp3) is 0.562. The number of carbonyl (C=O) groups is 2. The van der Waals surface area contributed by atoms with Crippen molar-refractivity contribution in [2.24, 2.45) is 5.92 Å². The number of amides is 1. The third kappa shape index (κ3) is 5.93. The largest absolute Gasteiger partial charge is 0.479 e. The van der Waals surface area contributed by atoms with Crippen molar-refractivity contribution < 1.29 is 19.4 Å². The SMILES string of the molecule is Cc1ccc(-c2c(C)c3c(c(C)c2C(OC(C)(C)C)C(=O)O)CCN(C(=O)C2CCCCCC2)C3)cc1. The lowest BCUT2D eigenvalue weighted by Gasteiger charge is -2.36. The molecule has 0 bridgehead atoms. The maximum absolute atomic E-state index is 13.6. The monoisotopic (exact) mass is 505 g/mol. The molecule has 1 heterocycles. The Hall–Kier alpha value is -2.66. The van der Waals surface area contributed by atoms with Crippen molar-refractivity contribution in [3.63, 3.8) is 0 Å². The number of aliphatic carboxylic acids is 1. The second-order valence-corrected chi connectivity index (χ2v) is 12.0. The van der Waals surface area contributed by atoms with Crippen molar-refractivity contribution in [2.45, 2.75) is 105 Å². The number of hydrogen-bond acceptors (Lipinski definition) is 3. The highest BCUT2D eigenvalue weighted by Crippen LogP contribution is 2.43. The molecule has 2 aromatic carbocycles. The van der Waals surface area contributed by atoms with Crippen molar-refractivity contribution in [1.82, 2.24) is 4.90 Å². The molecule has 1 atom stereocenters. The van der Waals surface area contributed by atoms with Crippen molar-refractivity contribution in [3.8, 4) is 11.1 Å². The van der Waals surface area contributed by atoms with E-state index in [-0.39, 0.29) is 5.92 Å². The van der Waals surface area contributed by atoms with Gasteiger partial charge >= 0.3 is 5.97 Å². The van der Waals surface area contributed by atoms with Gasteiger partial charge in [-0.1, -0.05) is 55.5 Å². The van der Waals surface area contributed by atoms with Crippen molar-refractivity contribution in [2.75, 3.05) is 6.54 Å². The molecule has 1 saturated carbocycles. The van der Waals surface area contributed by atoms with Gasteiger partial charge in [0.15, 0.2) is 6.10 Å². The zero-order chi connectivity index (χ0) is 26.9. The number of hydrogen-bond donors (Lipinski definition) is 1. The lowest BCUT2D eigenvalue weighted by atomic mass is 9.80. The highest BCUT2D eigenvalue weighted by molar-refractivity contribution is 5.85. The lowest BCUT2D eigenvalue weighted by molar-refractivity contribution is -0.160. The van der Waals surface area contributed by atoms with E-state index in [0.717, 1.165) is 65.5 Å². The van der Waals surface area contributed by atoms with Gasteiger partial charge in [-0.2, -0.15) is 0 Å². The second-order valence-electron chi connectivity index (χ2n) is 12.0. The molecule has 2 aliphatic rings. The van der Waals surface area contributed by atoms with E-state index in [0.29, 0.717) is 19.0 Å². The number of carbonyl (C=O) groups excluding carboxylic acids is 1. The highest BCUT2D eigenvalue weighted by atomic mass is 16.5. The quantitative estimate of drug-likeness (QED) is 0.441. The maximum Gasteiger partial charge on any atom is 0.337 e. The van der Waals surface area contributed by atoms with E-state index in [4.69, 9.17) is 4.74 Å². The summed E-state index contributed by atoms with van der Waals surface area (Å²) in [6.07, 6.45) is 6.41. The van der Waals surface area contributed by atoms with E-state index in [9.17, 15) is 14.7 Å². The van der Waals surface area contributed by atoms with Gasteiger partial charge in [0.05, 0.1) is 5.60 Å². The second kappa shape index (κ2) is 11.0. The molecule has 5 nitrogen and oxygen atoms in total. The predicted molar refractivity (Wildman–Crippen MR) is 148 cm³/mol. The molecule has 0 radical (unpaired) electrons. The molecule has 5 heteroatoms. The number of carboxylic acids is 1. The van der Waals surface area contributed by atoms with Crippen LogP contribution in [0.4, 0.5) is 0 Å². The lowest BCUT2D eigenvalue weighted by Crippen LogP contribution is -2.40. The molecule has 2 aromatic rings. The molecule has 1 fully saturated rings. The van der Waals surface area contributed by atoms with Crippen LogP contribution in [0.1, 0.15) is 98.8 Å². The number of nitrogens with zero attached hydrogens (tertiary/aromatic N) is 1. The first kappa shape index (κ1) is 27.4. The van der Waals surface area contributed by atoms with Crippen LogP contribution in [-0.2, 0) is 27.3 Å². The molecule has 1 unspecified atom stereocenters. The summed E-state index contributed by atoms with van der Waals surface area (Å²) in [7, 11) is 0. The van der Waals surface area contributed by atoms with Crippen LogP contribution in [0.2, 0.25) is 0 Å². The van der Waals surface area contributed by atoms with Crippen molar-refractivity contribution >= 4 is 11.9 Å². The van der Waals surface area contributed by atoms with Gasteiger partial charge in [0.2, 0.25) is 5.91 Å². The van der Waals surface area contributed by atoms with E-state index < -0.39 is 17.7 Å². The first-order chi connectivity index (χ1) is 17.5. The molecule has 1 amide bonds. The summed E-state index contributed by atoms with van der Waals surface area (Å²) >= 11 is 0. The molecular formula is C32H43NO4.